The Kier molecular flexibility index (Phi) is 7.54. The molecule has 2 aromatic heterocycles. The lowest BCUT2D eigenvalue weighted by molar-refractivity contribution is -0.121. The Morgan fingerprint density at radius 2 is 1.91 bits per heavy atom. The molecular weight excluding hydrogens is 437 g/mol. The van der Waals surface area contributed by atoms with Crippen molar-refractivity contribution >= 4 is 39.7 Å². The van der Waals surface area contributed by atoms with Crippen molar-refractivity contribution in [3.8, 4) is 0 Å². The third-order valence-corrected chi connectivity index (χ3v) is 6.36. The first kappa shape index (κ1) is 23.2. The van der Waals surface area contributed by atoms with Gasteiger partial charge in [-0.1, -0.05) is 55.9 Å². The van der Waals surface area contributed by atoms with Crippen molar-refractivity contribution in [3.63, 3.8) is 0 Å². The number of rotatable bonds is 10. The normalized spacial score (nSPS) is 11.5. The number of benzene rings is 2. The minimum Gasteiger partial charge on any atom is -0.356 e. The molecule has 0 spiro atoms. The molecule has 0 radical (unpaired) electrons. The fraction of sp³-hybridized carbons (Fsp3) is 0.360. The number of aromatic nitrogens is 4. The van der Waals surface area contributed by atoms with Gasteiger partial charge in [-0.3, -0.25) is 4.79 Å². The van der Waals surface area contributed by atoms with Crippen LogP contribution in [0.4, 0.5) is 4.39 Å². The van der Waals surface area contributed by atoms with E-state index in [1.807, 2.05) is 24.3 Å². The Morgan fingerprint density at radius 3 is 2.70 bits per heavy atom. The number of carbonyl (C=O) groups is 1. The molecule has 2 aromatic carbocycles. The second kappa shape index (κ2) is 10.7. The van der Waals surface area contributed by atoms with Crippen molar-refractivity contribution in [1.82, 2.24) is 25.1 Å². The molecule has 0 atom stereocenters. The molecule has 0 aliphatic rings. The zero-order chi connectivity index (χ0) is 23.2. The van der Waals surface area contributed by atoms with Gasteiger partial charge >= 0.3 is 0 Å². The summed E-state index contributed by atoms with van der Waals surface area (Å²) in [6.07, 6.45) is 2.23. The van der Waals surface area contributed by atoms with E-state index in [1.54, 1.807) is 12.1 Å². The van der Waals surface area contributed by atoms with Crippen LogP contribution >= 0.6 is 11.8 Å². The number of nitrogens with one attached hydrogen (secondary N) is 1. The highest BCUT2D eigenvalue weighted by Crippen LogP contribution is 2.28. The highest BCUT2D eigenvalue weighted by Gasteiger charge is 2.15. The summed E-state index contributed by atoms with van der Waals surface area (Å²) in [5, 5.41) is 13.3. The summed E-state index contributed by atoms with van der Waals surface area (Å²) in [5.41, 5.74) is 3.50. The number of hydrogen-bond acceptors (Lipinski definition) is 5. The Bertz CT molecular complexity index is 1240. The molecule has 0 bridgehead atoms. The lowest BCUT2D eigenvalue weighted by Gasteiger charge is -2.08. The van der Waals surface area contributed by atoms with Gasteiger partial charge in [0.15, 0.2) is 5.65 Å². The van der Waals surface area contributed by atoms with Crippen molar-refractivity contribution in [3.05, 3.63) is 59.9 Å². The summed E-state index contributed by atoms with van der Waals surface area (Å²) < 4.78 is 15.4. The highest BCUT2D eigenvalue weighted by molar-refractivity contribution is 7.99. The van der Waals surface area contributed by atoms with Crippen LogP contribution in [-0.2, 0) is 11.3 Å². The summed E-state index contributed by atoms with van der Waals surface area (Å²) in [4.78, 5) is 16.7. The highest BCUT2D eigenvalue weighted by atomic mass is 32.2. The summed E-state index contributed by atoms with van der Waals surface area (Å²) in [7, 11) is 0. The molecule has 0 aliphatic carbocycles. The molecule has 0 saturated heterocycles. The quantitative estimate of drug-likeness (QED) is 0.257. The van der Waals surface area contributed by atoms with E-state index in [1.165, 1.54) is 23.9 Å². The van der Waals surface area contributed by atoms with Gasteiger partial charge in [0.25, 0.3) is 0 Å². The summed E-state index contributed by atoms with van der Waals surface area (Å²) in [5.74, 6) is 1.16. The second-order valence-electron chi connectivity index (χ2n) is 8.48. The third kappa shape index (κ3) is 5.87. The van der Waals surface area contributed by atoms with E-state index in [2.05, 4.69) is 33.9 Å². The molecule has 0 unspecified atom stereocenters. The van der Waals surface area contributed by atoms with Gasteiger partial charge in [0, 0.05) is 30.6 Å². The average molecular weight is 466 g/mol. The molecule has 0 fully saturated rings. The largest absolute Gasteiger partial charge is 0.356 e. The molecule has 4 aromatic rings. The molecule has 6 nitrogen and oxygen atoms in total. The smallest absolute Gasteiger partial charge is 0.220 e. The standard InChI is InChI=1S/C25H28FN5OS/c1-17(2)13-14-27-22(32)8-5-15-33-25-28-24-23(29-30-25)20-6-3-4-7-21(20)31(24)16-18-9-11-19(26)12-10-18/h3-4,6-7,9-12,17H,5,8,13-16H2,1-2H3,(H,27,32). The fourth-order valence-electron chi connectivity index (χ4n) is 3.67. The molecule has 8 heteroatoms. The van der Waals surface area contributed by atoms with Gasteiger partial charge in [-0.2, -0.15) is 0 Å². The third-order valence-electron chi connectivity index (χ3n) is 5.43. The maximum Gasteiger partial charge on any atom is 0.220 e. The van der Waals surface area contributed by atoms with Gasteiger partial charge in [0.2, 0.25) is 11.1 Å². The van der Waals surface area contributed by atoms with Crippen LogP contribution in [0.25, 0.3) is 22.1 Å². The maximum absolute atomic E-state index is 13.3. The van der Waals surface area contributed by atoms with Gasteiger partial charge in [-0.25, -0.2) is 9.37 Å². The number of thioether (sulfide) groups is 1. The molecule has 1 amide bonds. The number of fused-ring (bicyclic) bond motifs is 3. The molecule has 2 heterocycles. The van der Waals surface area contributed by atoms with Crippen LogP contribution in [0.5, 0.6) is 0 Å². The number of amides is 1. The molecule has 1 N–H and O–H groups in total. The average Bonchev–Trinajstić information content (AvgIpc) is 3.11. The van der Waals surface area contributed by atoms with Crippen molar-refractivity contribution in [2.24, 2.45) is 5.92 Å². The maximum atomic E-state index is 13.3. The summed E-state index contributed by atoms with van der Waals surface area (Å²) >= 11 is 1.51. The van der Waals surface area contributed by atoms with Gasteiger partial charge in [-0.05, 0) is 42.5 Å². The topological polar surface area (TPSA) is 72.7 Å². The van der Waals surface area contributed by atoms with Crippen molar-refractivity contribution in [2.45, 2.75) is 44.8 Å². The van der Waals surface area contributed by atoms with E-state index < -0.39 is 0 Å². The zero-order valence-corrected chi connectivity index (χ0v) is 19.7. The number of halogens is 1. The minimum absolute atomic E-state index is 0.0881. The number of carbonyl (C=O) groups excluding carboxylic acids is 1. The van der Waals surface area contributed by atoms with E-state index in [-0.39, 0.29) is 11.7 Å². The second-order valence-corrected chi connectivity index (χ2v) is 9.54. The first-order valence-electron chi connectivity index (χ1n) is 11.3. The SMILES string of the molecule is CC(C)CCNC(=O)CCCSc1nnc2c3ccccc3n(Cc3ccc(F)cc3)c2n1. The van der Waals surface area contributed by atoms with E-state index in [0.29, 0.717) is 24.0 Å². The van der Waals surface area contributed by atoms with Gasteiger partial charge in [0.1, 0.15) is 11.3 Å². The van der Waals surface area contributed by atoms with Gasteiger partial charge in [0.05, 0.1) is 5.52 Å². The van der Waals surface area contributed by atoms with Crippen molar-refractivity contribution in [1.29, 1.82) is 0 Å². The fourth-order valence-corrected chi connectivity index (χ4v) is 4.39. The lowest BCUT2D eigenvalue weighted by atomic mass is 10.1. The molecule has 172 valence electrons. The Balaban J connectivity index is 1.47. The molecule has 0 aliphatic heterocycles. The number of nitrogens with zero attached hydrogens (tertiary/aromatic N) is 4. The Morgan fingerprint density at radius 1 is 1.12 bits per heavy atom. The van der Waals surface area contributed by atoms with Crippen LogP contribution in [0.3, 0.4) is 0 Å². The monoisotopic (exact) mass is 465 g/mol. The van der Waals surface area contributed by atoms with Crippen molar-refractivity contribution < 1.29 is 9.18 Å². The molecule has 4 rings (SSSR count). The summed E-state index contributed by atoms with van der Waals surface area (Å²) in [6.45, 7) is 5.58. The Labute approximate surface area is 197 Å². The Hall–Kier alpha value is -3.00. The number of hydrogen-bond donors (Lipinski definition) is 1. The molecular formula is C25H28FN5OS. The lowest BCUT2D eigenvalue weighted by Crippen LogP contribution is -2.25. The van der Waals surface area contributed by atoms with Crippen LogP contribution in [0.15, 0.2) is 53.7 Å². The van der Waals surface area contributed by atoms with Crippen LogP contribution < -0.4 is 5.32 Å². The molecule has 33 heavy (non-hydrogen) atoms. The van der Waals surface area contributed by atoms with Crippen LogP contribution in [0.1, 0.15) is 38.7 Å². The number of para-hydroxylation sites is 1. The minimum atomic E-state index is -0.253. The first-order chi connectivity index (χ1) is 16.0. The zero-order valence-electron chi connectivity index (χ0n) is 18.9. The predicted octanol–water partition coefficient (Wildman–Crippen LogP) is 5.20. The first-order valence-corrected chi connectivity index (χ1v) is 12.3. The van der Waals surface area contributed by atoms with Crippen LogP contribution in [0, 0.1) is 11.7 Å². The summed E-state index contributed by atoms with van der Waals surface area (Å²) in [6, 6.07) is 14.5. The van der Waals surface area contributed by atoms with E-state index in [9.17, 15) is 9.18 Å². The van der Waals surface area contributed by atoms with E-state index in [0.717, 1.165) is 52.8 Å². The van der Waals surface area contributed by atoms with Crippen molar-refractivity contribution in [2.75, 3.05) is 12.3 Å². The predicted molar refractivity (Wildman–Crippen MR) is 131 cm³/mol. The van der Waals surface area contributed by atoms with Gasteiger partial charge < -0.3 is 9.88 Å². The van der Waals surface area contributed by atoms with E-state index >= 15 is 0 Å². The van der Waals surface area contributed by atoms with Crippen LogP contribution in [-0.4, -0.2) is 38.0 Å². The van der Waals surface area contributed by atoms with Gasteiger partial charge in [-0.15, -0.1) is 10.2 Å². The van der Waals surface area contributed by atoms with E-state index in [4.69, 9.17) is 4.98 Å². The molecule has 0 saturated carbocycles. The van der Waals surface area contributed by atoms with Crippen LogP contribution in [0.2, 0.25) is 0 Å².